The summed E-state index contributed by atoms with van der Waals surface area (Å²) in [6.45, 7) is 1.89. The van der Waals surface area contributed by atoms with E-state index >= 15 is 0 Å². The van der Waals surface area contributed by atoms with Crippen molar-refractivity contribution in [3.05, 3.63) is 64.7 Å². The van der Waals surface area contributed by atoms with E-state index < -0.39 is 6.04 Å². The summed E-state index contributed by atoms with van der Waals surface area (Å²) in [4.78, 5) is 28.4. The summed E-state index contributed by atoms with van der Waals surface area (Å²) in [5.41, 5.74) is 2.19. The third-order valence-corrected chi connectivity index (χ3v) is 6.58. The molecule has 2 fully saturated rings. The zero-order chi connectivity index (χ0) is 19.7. The number of benzene rings is 2. The second kappa shape index (κ2) is 7.96. The van der Waals surface area contributed by atoms with E-state index in [-0.39, 0.29) is 17.9 Å². The number of halogens is 1. The van der Waals surface area contributed by atoms with Gasteiger partial charge >= 0.3 is 0 Å². The van der Waals surface area contributed by atoms with Gasteiger partial charge in [0.15, 0.2) is 0 Å². The van der Waals surface area contributed by atoms with E-state index in [9.17, 15) is 9.59 Å². The molecule has 1 heterocycles. The Hall–Kier alpha value is -2.33. The first-order valence-corrected chi connectivity index (χ1v) is 10.4. The summed E-state index contributed by atoms with van der Waals surface area (Å²) in [6, 6.07) is 14.5. The van der Waals surface area contributed by atoms with Gasteiger partial charge in [0, 0.05) is 22.3 Å². The van der Waals surface area contributed by atoms with E-state index in [0.717, 1.165) is 31.2 Å². The van der Waals surface area contributed by atoms with Crippen LogP contribution < -0.4 is 5.32 Å². The number of likely N-dealkylation sites (tertiary alicyclic amines) is 1. The lowest BCUT2D eigenvalue weighted by atomic mass is 9.84. The van der Waals surface area contributed by atoms with E-state index in [2.05, 4.69) is 5.32 Å². The first-order valence-electron chi connectivity index (χ1n) is 10.00. The van der Waals surface area contributed by atoms with Crippen molar-refractivity contribution >= 4 is 29.1 Å². The van der Waals surface area contributed by atoms with Gasteiger partial charge in [0.2, 0.25) is 5.91 Å². The summed E-state index contributed by atoms with van der Waals surface area (Å²) in [6.07, 6.45) is 5.08. The molecule has 0 bridgehead atoms. The van der Waals surface area contributed by atoms with Gasteiger partial charge in [0.1, 0.15) is 6.04 Å². The predicted molar refractivity (Wildman–Crippen MR) is 112 cm³/mol. The fraction of sp³-hybridized carbons (Fsp3) is 0.391. The Morgan fingerprint density at radius 1 is 1.04 bits per heavy atom. The summed E-state index contributed by atoms with van der Waals surface area (Å²) in [5.74, 6) is 0.236. The lowest BCUT2D eigenvalue weighted by molar-refractivity contribution is -0.120. The predicted octanol–water partition coefficient (Wildman–Crippen LogP) is 5.06. The molecule has 4 rings (SSSR count). The maximum atomic E-state index is 13.3. The number of anilines is 1. The Morgan fingerprint density at radius 2 is 1.79 bits per heavy atom. The second-order valence-electron chi connectivity index (χ2n) is 7.84. The lowest BCUT2D eigenvalue weighted by Gasteiger charge is -2.33. The minimum Gasteiger partial charge on any atom is -0.324 e. The highest BCUT2D eigenvalue weighted by Crippen LogP contribution is 2.41. The van der Waals surface area contributed by atoms with Crippen molar-refractivity contribution in [3.8, 4) is 0 Å². The summed E-state index contributed by atoms with van der Waals surface area (Å²) in [7, 11) is 0. The highest BCUT2D eigenvalue weighted by Gasteiger charge is 2.47. The minimum absolute atomic E-state index is 0.0435. The zero-order valence-corrected chi connectivity index (χ0v) is 16.8. The molecule has 2 aliphatic rings. The van der Waals surface area contributed by atoms with Crippen molar-refractivity contribution in [2.45, 2.75) is 51.1 Å². The van der Waals surface area contributed by atoms with Gasteiger partial charge in [-0.15, -0.1) is 0 Å². The van der Waals surface area contributed by atoms with Gasteiger partial charge < -0.3 is 10.2 Å². The van der Waals surface area contributed by atoms with E-state index in [1.807, 2.05) is 60.4 Å². The molecule has 146 valence electrons. The van der Waals surface area contributed by atoms with Crippen LogP contribution in [0.25, 0.3) is 0 Å². The molecule has 2 aromatic carbocycles. The van der Waals surface area contributed by atoms with Crippen LogP contribution in [-0.2, 0) is 4.79 Å². The van der Waals surface area contributed by atoms with E-state index in [1.165, 1.54) is 6.42 Å². The van der Waals surface area contributed by atoms with E-state index in [4.69, 9.17) is 11.6 Å². The quantitative estimate of drug-likeness (QED) is 0.788. The number of nitrogens with one attached hydrogen (secondary N) is 1. The van der Waals surface area contributed by atoms with Gasteiger partial charge in [-0.2, -0.15) is 0 Å². The molecule has 0 aromatic heterocycles. The molecule has 4 nitrogen and oxygen atoms in total. The average molecular weight is 397 g/mol. The van der Waals surface area contributed by atoms with Crippen molar-refractivity contribution < 1.29 is 9.59 Å². The average Bonchev–Trinajstić information content (AvgIpc) is 3.11. The first-order chi connectivity index (χ1) is 13.6. The van der Waals surface area contributed by atoms with Crippen LogP contribution in [0.5, 0.6) is 0 Å². The standard InChI is InChI=1S/C23H25ClN2O2/c1-15-18(24)11-7-12-19(15)25-22(27)21-14-17-10-5-6-13-20(17)26(21)23(28)16-8-3-2-4-9-16/h2-4,7-9,11-12,17,20-21H,5-6,10,13-14H2,1H3,(H,25,27). The second-order valence-corrected chi connectivity index (χ2v) is 8.25. The molecule has 1 N–H and O–H groups in total. The van der Waals surface area contributed by atoms with Gasteiger partial charge in [-0.05, 0) is 61.9 Å². The SMILES string of the molecule is Cc1c(Cl)cccc1NC(=O)C1CC2CCCCC2N1C(=O)c1ccccc1. The Bertz CT molecular complexity index is 883. The molecule has 5 heteroatoms. The van der Waals surface area contributed by atoms with Crippen molar-refractivity contribution in [3.63, 3.8) is 0 Å². The molecule has 2 aromatic rings. The van der Waals surface area contributed by atoms with Crippen LogP contribution in [0.4, 0.5) is 5.69 Å². The molecule has 2 amide bonds. The van der Waals surface area contributed by atoms with Crippen LogP contribution in [0.2, 0.25) is 5.02 Å². The fourth-order valence-electron chi connectivity index (χ4n) is 4.67. The smallest absolute Gasteiger partial charge is 0.254 e. The number of amides is 2. The summed E-state index contributed by atoms with van der Waals surface area (Å²) >= 11 is 6.20. The molecule has 1 saturated heterocycles. The summed E-state index contributed by atoms with van der Waals surface area (Å²) < 4.78 is 0. The zero-order valence-electron chi connectivity index (χ0n) is 16.0. The van der Waals surface area contributed by atoms with Crippen LogP contribution >= 0.6 is 11.6 Å². The molecule has 0 spiro atoms. The Labute approximate surface area is 170 Å². The Morgan fingerprint density at radius 3 is 2.57 bits per heavy atom. The minimum atomic E-state index is -0.445. The topological polar surface area (TPSA) is 49.4 Å². The van der Waals surface area contributed by atoms with Crippen LogP contribution in [0.3, 0.4) is 0 Å². The number of hydrogen-bond acceptors (Lipinski definition) is 2. The molecule has 3 atom stereocenters. The summed E-state index contributed by atoms with van der Waals surface area (Å²) in [5, 5.41) is 3.64. The van der Waals surface area contributed by atoms with Crippen LogP contribution in [0.15, 0.2) is 48.5 Å². The van der Waals surface area contributed by atoms with Crippen LogP contribution in [0, 0.1) is 12.8 Å². The van der Waals surface area contributed by atoms with Gasteiger partial charge in [0.25, 0.3) is 5.91 Å². The number of nitrogens with zero attached hydrogens (tertiary/aromatic N) is 1. The molecule has 1 aliphatic carbocycles. The van der Waals surface area contributed by atoms with Crippen molar-refractivity contribution in [1.29, 1.82) is 0 Å². The highest BCUT2D eigenvalue weighted by atomic mass is 35.5. The maximum Gasteiger partial charge on any atom is 0.254 e. The number of rotatable bonds is 3. The molecular weight excluding hydrogens is 372 g/mol. The number of carbonyl (C=O) groups excluding carboxylic acids is 2. The van der Waals surface area contributed by atoms with Gasteiger partial charge in [-0.1, -0.05) is 48.7 Å². The lowest BCUT2D eigenvalue weighted by Crippen LogP contribution is -2.47. The molecule has 0 radical (unpaired) electrons. The first kappa shape index (κ1) is 19.0. The Balaban J connectivity index is 1.62. The fourth-order valence-corrected chi connectivity index (χ4v) is 4.85. The maximum absolute atomic E-state index is 13.3. The van der Waals surface area contributed by atoms with Crippen molar-refractivity contribution in [2.75, 3.05) is 5.32 Å². The van der Waals surface area contributed by atoms with Crippen molar-refractivity contribution in [1.82, 2.24) is 4.90 Å². The number of carbonyl (C=O) groups is 2. The third kappa shape index (κ3) is 3.53. The third-order valence-electron chi connectivity index (χ3n) is 6.17. The van der Waals surface area contributed by atoms with Gasteiger partial charge in [-0.3, -0.25) is 9.59 Å². The van der Waals surface area contributed by atoms with Crippen LogP contribution in [0.1, 0.15) is 48.0 Å². The molecule has 1 aliphatic heterocycles. The number of hydrogen-bond donors (Lipinski definition) is 1. The largest absolute Gasteiger partial charge is 0.324 e. The molecular formula is C23H25ClN2O2. The van der Waals surface area contributed by atoms with E-state index in [0.29, 0.717) is 22.2 Å². The normalized spacial score (nSPS) is 23.9. The van der Waals surface area contributed by atoms with Crippen molar-refractivity contribution in [2.24, 2.45) is 5.92 Å². The Kier molecular flexibility index (Phi) is 5.40. The van der Waals surface area contributed by atoms with Gasteiger partial charge in [-0.25, -0.2) is 0 Å². The van der Waals surface area contributed by atoms with E-state index in [1.54, 1.807) is 0 Å². The monoisotopic (exact) mass is 396 g/mol. The highest BCUT2D eigenvalue weighted by molar-refractivity contribution is 6.31. The van der Waals surface area contributed by atoms with Gasteiger partial charge in [0.05, 0.1) is 0 Å². The molecule has 1 saturated carbocycles. The molecule has 28 heavy (non-hydrogen) atoms. The van der Waals surface area contributed by atoms with Crippen LogP contribution in [-0.4, -0.2) is 28.8 Å². The number of fused-ring (bicyclic) bond motifs is 1. The molecule has 3 unspecified atom stereocenters.